The number of nitrogens with zero attached hydrogens (tertiary/aromatic N) is 8. The molecule has 0 bridgehead atoms. The average molecular weight is 298 g/mol. The van der Waals surface area contributed by atoms with Crippen LogP contribution >= 0.6 is 0 Å². The van der Waals surface area contributed by atoms with Crippen LogP contribution in [0.1, 0.15) is 0 Å². The largest absolute Gasteiger partial charge is 0.280 e. The molecule has 8 heteroatoms. The Labute approximate surface area is 129 Å². The van der Waals surface area contributed by atoms with Crippen molar-refractivity contribution in [1.29, 1.82) is 0 Å². The molecular weight excluding hydrogens is 280 g/mol. The summed E-state index contributed by atoms with van der Waals surface area (Å²) in [6.45, 7) is 1.35. The second-order valence-corrected chi connectivity index (χ2v) is 4.56. The van der Waals surface area contributed by atoms with E-state index in [0.717, 1.165) is 11.4 Å². The SMILES string of the molecule is CN(CCN(C)N=Nc1cccnc1)N=Nc1cccnc1. The van der Waals surface area contributed by atoms with Gasteiger partial charge < -0.3 is 0 Å². The van der Waals surface area contributed by atoms with Crippen molar-refractivity contribution in [2.45, 2.75) is 0 Å². The topological polar surface area (TPSA) is 81.7 Å². The number of pyridine rings is 2. The summed E-state index contributed by atoms with van der Waals surface area (Å²) in [6.07, 6.45) is 6.72. The number of hydrogen-bond acceptors (Lipinski definition) is 6. The van der Waals surface area contributed by atoms with Gasteiger partial charge in [0.15, 0.2) is 0 Å². The van der Waals surface area contributed by atoms with E-state index < -0.39 is 0 Å². The van der Waals surface area contributed by atoms with Crippen molar-refractivity contribution in [3.63, 3.8) is 0 Å². The summed E-state index contributed by atoms with van der Waals surface area (Å²) in [6, 6.07) is 7.33. The molecule has 2 aromatic rings. The third kappa shape index (κ3) is 5.61. The van der Waals surface area contributed by atoms with Gasteiger partial charge in [0.05, 0.1) is 25.5 Å². The molecule has 0 aliphatic heterocycles. The maximum atomic E-state index is 4.09. The van der Waals surface area contributed by atoms with Crippen LogP contribution in [0.25, 0.3) is 0 Å². The molecule has 2 rings (SSSR count). The molecule has 0 saturated carbocycles. The summed E-state index contributed by atoms with van der Waals surface area (Å²) in [4.78, 5) is 7.95. The lowest BCUT2D eigenvalue weighted by atomic mass is 10.4. The minimum absolute atomic E-state index is 0.673. The zero-order valence-electron chi connectivity index (χ0n) is 12.6. The van der Waals surface area contributed by atoms with E-state index in [9.17, 15) is 0 Å². The predicted octanol–water partition coefficient (Wildman–Crippen LogP) is 3.04. The van der Waals surface area contributed by atoms with Crippen LogP contribution in [0, 0.1) is 0 Å². The molecular formula is C14H18N8. The minimum atomic E-state index is 0.673. The van der Waals surface area contributed by atoms with Gasteiger partial charge in [0.2, 0.25) is 0 Å². The Hall–Kier alpha value is -2.90. The van der Waals surface area contributed by atoms with Crippen molar-refractivity contribution < 1.29 is 0 Å². The van der Waals surface area contributed by atoms with Gasteiger partial charge in [-0.25, -0.2) is 0 Å². The van der Waals surface area contributed by atoms with Crippen molar-refractivity contribution in [3.05, 3.63) is 49.1 Å². The fourth-order valence-electron chi connectivity index (χ4n) is 1.46. The highest BCUT2D eigenvalue weighted by atomic mass is 15.6. The molecule has 0 radical (unpaired) electrons. The average Bonchev–Trinajstić information content (AvgIpc) is 2.58. The molecule has 22 heavy (non-hydrogen) atoms. The Morgan fingerprint density at radius 2 is 1.27 bits per heavy atom. The van der Waals surface area contributed by atoms with E-state index in [0.29, 0.717) is 13.1 Å². The fourth-order valence-corrected chi connectivity index (χ4v) is 1.46. The number of hydrogen-bond donors (Lipinski definition) is 0. The lowest BCUT2D eigenvalue weighted by Gasteiger charge is -2.15. The molecule has 114 valence electrons. The van der Waals surface area contributed by atoms with Crippen molar-refractivity contribution >= 4 is 11.4 Å². The summed E-state index contributed by atoms with van der Waals surface area (Å²) in [5.74, 6) is 0. The van der Waals surface area contributed by atoms with E-state index in [4.69, 9.17) is 0 Å². The smallest absolute Gasteiger partial charge is 0.106 e. The minimum Gasteiger partial charge on any atom is -0.280 e. The van der Waals surface area contributed by atoms with E-state index in [1.807, 2.05) is 38.4 Å². The number of rotatable bonds is 7. The van der Waals surface area contributed by atoms with Gasteiger partial charge in [0.1, 0.15) is 11.4 Å². The van der Waals surface area contributed by atoms with Gasteiger partial charge in [0.25, 0.3) is 0 Å². The third-order valence-corrected chi connectivity index (χ3v) is 2.66. The van der Waals surface area contributed by atoms with Crippen molar-refractivity contribution in [2.24, 2.45) is 20.7 Å². The second kappa shape index (κ2) is 8.40. The summed E-state index contributed by atoms with van der Waals surface area (Å²) in [5.41, 5.74) is 1.44. The highest BCUT2D eigenvalue weighted by molar-refractivity contribution is 5.31. The molecule has 0 fully saturated rings. The standard InChI is InChI=1S/C14H18N8/c1-21(19-17-13-5-3-7-15-11-13)9-10-22(2)20-18-14-6-4-8-16-12-14/h3-8,11-12H,9-10H2,1-2H3. The molecule has 8 nitrogen and oxygen atoms in total. The van der Waals surface area contributed by atoms with E-state index in [1.54, 1.807) is 34.8 Å². The molecule has 0 unspecified atom stereocenters. The lowest BCUT2D eigenvalue weighted by Crippen LogP contribution is -2.24. The first-order valence-corrected chi connectivity index (χ1v) is 6.79. The first-order chi connectivity index (χ1) is 10.7. The van der Waals surface area contributed by atoms with Gasteiger partial charge in [-0.2, -0.15) is 0 Å². The van der Waals surface area contributed by atoms with Gasteiger partial charge in [-0.1, -0.05) is 10.4 Å². The monoisotopic (exact) mass is 298 g/mol. The maximum absolute atomic E-state index is 4.09. The van der Waals surface area contributed by atoms with Gasteiger partial charge in [-0.3, -0.25) is 20.0 Å². The van der Waals surface area contributed by atoms with E-state index in [2.05, 4.69) is 30.6 Å². The van der Waals surface area contributed by atoms with Crippen LogP contribution in [0.2, 0.25) is 0 Å². The highest BCUT2D eigenvalue weighted by Crippen LogP contribution is 2.09. The van der Waals surface area contributed by atoms with Crippen LogP contribution in [-0.4, -0.2) is 47.2 Å². The van der Waals surface area contributed by atoms with Crippen LogP contribution in [0.3, 0.4) is 0 Å². The van der Waals surface area contributed by atoms with Crippen molar-refractivity contribution in [3.8, 4) is 0 Å². The number of aromatic nitrogens is 2. The third-order valence-electron chi connectivity index (χ3n) is 2.66. The van der Waals surface area contributed by atoms with Gasteiger partial charge >= 0.3 is 0 Å². The highest BCUT2D eigenvalue weighted by Gasteiger charge is 1.98. The zero-order chi connectivity index (χ0) is 15.6. The molecule has 2 heterocycles. The quantitative estimate of drug-likeness (QED) is 0.581. The summed E-state index contributed by atoms with van der Waals surface area (Å²) in [7, 11) is 3.71. The van der Waals surface area contributed by atoms with Gasteiger partial charge in [-0.15, -0.1) is 10.2 Å². The fraction of sp³-hybridized carbons (Fsp3) is 0.286. The Morgan fingerprint density at radius 3 is 1.64 bits per heavy atom. The van der Waals surface area contributed by atoms with Crippen LogP contribution < -0.4 is 0 Å². The molecule has 0 amide bonds. The second-order valence-electron chi connectivity index (χ2n) is 4.56. The molecule has 0 atom stereocenters. The van der Waals surface area contributed by atoms with Gasteiger partial charge in [-0.05, 0) is 24.3 Å². The van der Waals surface area contributed by atoms with E-state index >= 15 is 0 Å². The summed E-state index contributed by atoms with van der Waals surface area (Å²) in [5, 5.41) is 19.8. The molecule has 0 N–H and O–H groups in total. The van der Waals surface area contributed by atoms with Crippen LogP contribution in [0.15, 0.2) is 69.7 Å². The first-order valence-electron chi connectivity index (χ1n) is 6.79. The van der Waals surface area contributed by atoms with Crippen LogP contribution in [0.5, 0.6) is 0 Å². The van der Waals surface area contributed by atoms with E-state index in [1.165, 1.54) is 0 Å². The van der Waals surface area contributed by atoms with Crippen molar-refractivity contribution in [2.75, 3.05) is 27.2 Å². The molecule has 0 aliphatic carbocycles. The lowest BCUT2D eigenvalue weighted by molar-refractivity contribution is 0.252. The molecule has 0 aromatic carbocycles. The van der Waals surface area contributed by atoms with E-state index in [-0.39, 0.29) is 0 Å². The van der Waals surface area contributed by atoms with Crippen LogP contribution in [-0.2, 0) is 0 Å². The summed E-state index contributed by atoms with van der Waals surface area (Å²) >= 11 is 0. The Morgan fingerprint density at radius 1 is 0.818 bits per heavy atom. The first kappa shape index (κ1) is 15.5. The Balaban J connectivity index is 1.75. The van der Waals surface area contributed by atoms with Gasteiger partial charge in [0, 0.05) is 26.5 Å². The molecule has 0 aliphatic rings. The molecule has 2 aromatic heterocycles. The zero-order valence-corrected chi connectivity index (χ0v) is 12.6. The van der Waals surface area contributed by atoms with Crippen molar-refractivity contribution in [1.82, 2.24) is 20.0 Å². The Kier molecular flexibility index (Phi) is 5.91. The van der Waals surface area contributed by atoms with Crippen LogP contribution in [0.4, 0.5) is 11.4 Å². The molecule has 0 spiro atoms. The molecule has 0 saturated heterocycles. The normalized spacial score (nSPS) is 11.2. The predicted molar refractivity (Wildman–Crippen MR) is 82.8 cm³/mol. The summed E-state index contributed by atoms with van der Waals surface area (Å²) < 4.78 is 0. The number of likely N-dealkylation sites (N-methyl/N-ethyl adjacent to an activating group) is 2. The Bertz CT molecular complexity index is 543. The maximum Gasteiger partial charge on any atom is 0.106 e.